The molecule has 1 heteroatoms. The van der Waals surface area contributed by atoms with Crippen LogP contribution in [-0.2, 0) is 0 Å². The maximum atomic E-state index is 6.02. The fourth-order valence-corrected chi connectivity index (χ4v) is 2.57. The molecule has 0 bridgehead atoms. The van der Waals surface area contributed by atoms with Gasteiger partial charge in [0.2, 0.25) is 0 Å². The van der Waals surface area contributed by atoms with Gasteiger partial charge in [-0.15, -0.1) is 0 Å². The SMILES string of the molecule is Cc1cccc(C2=CC(C)(C)Oc3ccccc32)c1. The first kappa shape index (κ1) is 12.0. The maximum Gasteiger partial charge on any atom is 0.128 e. The molecule has 1 aliphatic heterocycles. The van der Waals surface area contributed by atoms with Gasteiger partial charge in [0.1, 0.15) is 11.4 Å². The fourth-order valence-electron chi connectivity index (χ4n) is 2.57. The van der Waals surface area contributed by atoms with Crippen LogP contribution in [0.1, 0.15) is 30.5 Å². The molecule has 0 aliphatic carbocycles. The van der Waals surface area contributed by atoms with Crippen molar-refractivity contribution >= 4 is 5.57 Å². The highest BCUT2D eigenvalue weighted by Gasteiger charge is 2.26. The van der Waals surface area contributed by atoms with Crippen molar-refractivity contribution in [3.63, 3.8) is 0 Å². The first-order valence-electron chi connectivity index (χ1n) is 6.63. The lowest BCUT2D eigenvalue weighted by atomic mass is 9.89. The van der Waals surface area contributed by atoms with Gasteiger partial charge in [-0.25, -0.2) is 0 Å². The van der Waals surface area contributed by atoms with Crippen LogP contribution in [0.5, 0.6) is 5.75 Å². The number of hydrogen-bond donors (Lipinski definition) is 0. The van der Waals surface area contributed by atoms with E-state index < -0.39 is 0 Å². The van der Waals surface area contributed by atoms with Crippen LogP contribution in [0.2, 0.25) is 0 Å². The minimum absolute atomic E-state index is 0.270. The standard InChI is InChI=1S/C18H18O/c1-13-7-6-8-14(11-13)16-12-18(2,3)19-17-10-5-4-9-15(16)17/h4-12H,1-3H3. The second-order valence-electron chi connectivity index (χ2n) is 5.63. The van der Waals surface area contributed by atoms with Gasteiger partial charge in [-0.3, -0.25) is 0 Å². The molecule has 3 rings (SSSR count). The Kier molecular flexibility index (Phi) is 2.70. The van der Waals surface area contributed by atoms with Crippen LogP contribution >= 0.6 is 0 Å². The molecule has 1 aliphatic rings. The van der Waals surface area contributed by atoms with E-state index in [0.717, 1.165) is 5.75 Å². The predicted molar refractivity (Wildman–Crippen MR) is 79.4 cm³/mol. The molecule has 0 unspecified atom stereocenters. The van der Waals surface area contributed by atoms with Crippen molar-refractivity contribution in [2.75, 3.05) is 0 Å². The Morgan fingerprint density at radius 3 is 2.53 bits per heavy atom. The Balaban J connectivity index is 2.20. The van der Waals surface area contributed by atoms with Gasteiger partial charge in [-0.1, -0.05) is 48.0 Å². The van der Waals surface area contributed by atoms with Crippen molar-refractivity contribution in [3.05, 3.63) is 71.3 Å². The highest BCUT2D eigenvalue weighted by molar-refractivity contribution is 5.84. The average molecular weight is 250 g/mol. The molecule has 0 fully saturated rings. The Morgan fingerprint density at radius 1 is 0.947 bits per heavy atom. The molecule has 0 N–H and O–H groups in total. The van der Waals surface area contributed by atoms with Gasteiger partial charge in [0.15, 0.2) is 0 Å². The van der Waals surface area contributed by atoms with Crippen LogP contribution in [0.3, 0.4) is 0 Å². The second-order valence-corrected chi connectivity index (χ2v) is 5.63. The molecule has 1 nitrogen and oxygen atoms in total. The lowest BCUT2D eigenvalue weighted by Gasteiger charge is -2.31. The van der Waals surface area contributed by atoms with E-state index in [1.165, 1.54) is 22.3 Å². The smallest absolute Gasteiger partial charge is 0.128 e. The number of rotatable bonds is 1. The summed E-state index contributed by atoms with van der Waals surface area (Å²) in [7, 11) is 0. The van der Waals surface area contributed by atoms with Crippen molar-refractivity contribution < 1.29 is 4.74 Å². The largest absolute Gasteiger partial charge is 0.483 e. The molecular formula is C18H18O. The van der Waals surface area contributed by atoms with E-state index in [9.17, 15) is 0 Å². The topological polar surface area (TPSA) is 9.23 Å². The number of hydrogen-bond acceptors (Lipinski definition) is 1. The van der Waals surface area contributed by atoms with Gasteiger partial charge in [0, 0.05) is 5.56 Å². The van der Waals surface area contributed by atoms with E-state index in [4.69, 9.17) is 4.74 Å². The third-order valence-corrected chi connectivity index (χ3v) is 3.37. The zero-order valence-corrected chi connectivity index (χ0v) is 11.6. The molecule has 0 atom stereocenters. The second kappa shape index (κ2) is 4.27. The zero-order chi connectivity index (χ0) is 13.5. The van der Waals surface area contributed by atoms with E-state index in [1.54, 1.807) is 0 Å². The van der Waals surface area contributed by atoms with Crippen LogP contribution in [0.15, 0.2) is 54.6 Å². The van der Waals surface area contributed by atoms with Gasteiger partial charge < -0.3 is 4.74 Å². The van der Waals surface area contributed by atoms with E-state index in [0.29, 0.717) is 0 Å². The van der Waals surface area contributed by atoms with E-state index >= 15 is 0 Å². The fraction of sp³-hybridized carbons (Fsp3) is 0.222. The van der Waals surface area contributed by atoms with Gasteiger partial charge in [0.25, 0.3) is 0 Å². The molecule has 19 heavy (non-hydrogen) atoms. The molecule has 0 amide bonds. The molecule has 2 aromatic rings. The minimum Gasteiger partial charge on any atom is -0.483 e. The third-order valence-electron chi connectivity index (χ3n) is 3.37. The van der Waals surface area contributed by atoms with Crippen molar-refractivity contribution in [3.8, 4) is 5.75 Å². The average Bonchev–Trinajstić information content (AvgIpc) is 2.36. The van der Waals surface area contributed by atoms with E-state index in [1.807, 2.05) is 12.1 Å². The molecule has 2 aromatic carbocycles. The molecule has 0 radical (unpaired) electrons. The Morgan fingerprint density at radius 2 is 1.74 bits per heavy atom. The first-order valence-corrected chi connectivity index (χ1v) is 6.63. The van der Waals surface area contributed by atoms with Crippen molar-refractivity contribution in [1.82, 2.24) is 0 Å². The van der Waals surface area contributed by atoms with Gasteiger partial charge in [0.05, 0.1) is 0 Å². The molecular weight excluding hydrogens is 232 g/mol. The highest BCUT2D eigenvalue weighted by Crippen LogP contribution is 2.39. The molecule has 0 saturated heterocycles. The summed E-state index contributed by atoms with van der Waals surface area (Å²) in [5, 5.41) is 0. The third kappa shape index (κ3) is 2.28. The normalized spacial score (nSPS) is 16.3. The number of fused-ring (bicyclic) bond motifs is 1. The van der Waals surface area contributed by atoms with Crippen molar-refractivity contribution in [1.29, 1.82) is 0 Å². The lowest BCUT2D eigenvalue weighted by Crippen LogP contribution is -2.29. The molecule has 0 saturated carbocycles. The van der Waals surface area contributed by atoms with E-state index in [2.05, 4.69) is 63.2 Å². The summed E-state index contributed by atoms with van der Waals surface area (Å²) >= 11 is 0. The van der Waals surface area contributed by atoms with Gasteiger partial charge >= 0.3 is 0 Å². The first-order chi connectivity index (χ1) is 9.05. The van der Waals surface area contributed by atoms with Crippen LogP contribution < -0.4 is 4.74 Å². The summed E-state index contributed by atoms with van der Waals surface area (Å²) < 4.78 is 6.02. The van der Waals surface area contributed by atoms with Crippen LogP contribution in [0.4, 0.5) is 0 Å². The van der Waals surface area contributed by atoms with Crippen molar-refractivity contribution in [2.24, 2.45) is 0 Å². The molecule has 1 heterocycles. The van der Waals surface area contributed by atoms with Gasteiger partial charge in [-0.2, -0.15) is 0 Å². The minimum atomic E-state index is -0.270. The Hall–Kier alpha value is -2.02. The highest BCUT2D eigenvalue weighted by atomic mass is 16.5. The quantitative estimate of drug-likeness (QED) is 0.719. The van der Waals surface area contributed by atoms with Gasteiger partial charge in [-0.05, 0) is 44.1 Å². The van der Waals surface area contributed by atoms with Crippen LogP contribution in [0.25, 0.3) is 5.57 Å². The Bertz CT molecular complexity index is 650. The predicted octanol–water partition coefficient (Wildman–Crippen LogP) is 4.60. The monoisotopic (exact) mass is 250 g/mol. The number of para-hydroxylation sites is 1. The van der Waals surface area contributed by atoms with Crippen LogP contribution in [-0.4, -0.2) is 5.60 Å². The summed E-state index contributed by atoms with van der Waals surface area (Å²) in [5.74, 6) is 0.964. The zero-order valence-electron chi connectivity index (χ0n) is 11.6. The molecule has 0 aromatic heterocycles. The maximum absolute atomic E-state index is 6.02. The Labute approximate surface area is 114 Å². The number of benzene rings is 2. The summed E-state index contributed by atoms with van der Waals surface area (Å²) in [6.45, 7) is 6.32. The number of ether oxygens (including phenoxy) is 1. The summed E-state index contributed by atoms with van der Waals surface area (Å²) in [6.07, 6.45) is 2.21. The summed E-state index contributed by atoms with van der Waals surface area (Å²) in [4.78, 5) is 0. The van der Waals surface area contributed by atoms with Crippen LogP contribution in [0, 0.1) is 6.92 Å². The van der Waals surface area contributed by atoms with E-state index in [-0.39, 0.29) is 5.60 Å². The molecule has 0 spiro atoms. The molecule has 96 valence electrons. The van der Waals surface area contributed by atoms with Crippen molar-refractivity contribution in [2.45, 2.75) is 26.4 Å². The summed E-state index contributed by atoms with van der Waals surface area (Å²) in [6, 6.07) is 16.9. The number of aryl methyl sites for hydroxylation is 1. The lowest BCUT2D eigenvalue weighted by molar-refractivity contribution is 0.158. The summed E-state index contributed by atoms with van der Waals surface area (Å²) in [5.41, 5.74) is 4.69.